The number of carboxylic acid groups (broad SMARTS) is 1. The van der Waals surface area contributed by atoms with Crippen LogP contribution in [0.5, 0.6) is 0 Å². The zero-order chi connectivity index (χ0) is 17.0. The number of ether oxygens (including phenoxy) is 1. The van der Waals surface area contributed by atoms with Crippen molar-refractivity contribution in [1.29, 1.82) is 0 Å². The minimum Gasteiger partial charge on any atom is -0.480 e. The lowest BCUT2D eigenvalue weighted by atomic mass is 9.94. The summed E-state index contributed by atoms with van der Waals surface area (Å²) in [6.45, 7) is 0.343. The number of carboxylic acids is 1. The molecule has 1 amide bonds. The summed E-state index contributed by atoms with van der Waals surface area (Å²) in [5.74, 6) is -1.38. The fraction of sp³-hybridized carbons (Fsp3) is 0.857. The van der Waals surface area contributed by atoms with E-state index in [4.69, 9.17) is 4.74 Å². The number of methoxy groups -OCH3 is 1. The fourth-order valence-corrected chi connectivity index (χ4v) is 4.60. The Bertz CT molecular complexity index is 549. The molecule has 3 atom stereocenters. The average Bonchev–Trinajstić information content (AvgIpc) is 3.04. The fourth-order valence-electron chi connectivity index (χ4n) is 3.62. The van der Waals surface area contributed by atoms with Gasteiger partial charge in [-0.15, -0.1) is 0 Å². The van der Waals surface area contributed by atoms with E-state index in [0.29, 0.717) is 19.6 Å². The van der Waals surface area contributed by atoms with Gasteiger partial charge in [0.25, 0.3) is 0 Å². The van der Waals surface area contributed by atoms with Gasteiger partial charge in [-0.25, -0.2) is 17.9 Å². The van der Waals surface area contributed by atoms with Crippen LogP contribution in [0.3, 0.4) is 0 Å². The van der Waals surface area contributed by atoms with E-state index < -0.39 is 34.5 Å². The Morgan fingerprint density at radius 1 is 1.35 bits per heavy atom. The highest BCUT2D eigenvalue weighted by atomic mass is 32.2. The second-order valence-corrected chi connectivity index (χ2v) is 8.10. The normalized spacial score (nSPS) is 27.2. The van der Waals surface area contributed by atoms with E-state index in [2.05, 4.69) is 4.72 Å². The van der Waals surface area contributed by atoms with E-state index in [9.17, 15) is 23.1 Å². The van der Waals surface area contributed by atoms with E-state index in [1.54, 1.807) is 0 Å². The van der Waals surface area contributed by atoms with Crippen molar-refractivity contribution in [3.8, 4) is 0 Å². The minimum absolute atomic E-state index is 0.00485. The van der Waals surface area contributed by atoms with Gasteiger partial charge in [0.2, 0.25) is 15.9 Å². The van der Waals surface area contributed by atoms with Crippen molar-refractivity contribution in [2.75, 3.05) is 32.6 Å². The third kappa shape index (κ3) is 4.42. The van der Waals surface area contributed by atoms with Gasteiger partial charge in [-0.3, -0.25) is 4.79 Å². The van der Waals surface area contributed by atoms with E-state index in [1.165, 1.54) is 12.0 Å². The van der Waals surface area contributed by atoms with Crippen LogP contribution in [0, 0.1) is 11.8 Å². The van der Waals surface area contributed by atoms with Crippen LogP contribution < -0.4 is 4.72 Å². The smallest absolute Gasteiger partial charge is 0.326 e. The highest BCUT2D eigenvalue weighted by Crippen LogP contribution is 2.42. The van der Waals surface area contributed by atoms with Crippen LogP contribution >= 0.6 is 0 Å². The molecule has 1 saturated carbocycles. The molecule has 0 radical (unpaired) electrons. The zero-order valence-electron chi connectivity index (χ0n) is 13.2. The Morgan fingerprint density at radius 2 is 2.09 bits per heavy atom. The van der Waals surface area contributed by atoms with Crippen LogP contribution in [0.1, 0.15) is 25.7 Å². The summed E-state index contributed by atoms with van der Waals surface area (Å²) in [5.41, 5.74) is 0. The molecule has 23 heavy (non-hydrogen) atoms. The SMILES string of the molecule is COCCCS(=O)(=O)NCC(=O)N1CC2CCCC2C1C(=O)O. The molecular formula is C14H24N2O6S. The van der Waals surface area contributed by atoms with Crippen LogP contribution in [0.4, 0.5) is 0 Å². The molecule has 0 bridgehead atoms. The second-order valence-electron chi connectivity index (χ2n) is 6.17. The first-order chi connectivity index (χ1) is 10.9. The first kappa shape index (κ1) is 18.2. The van der Waals surface area contributed by atoms with Crippen LogP contribution in [0.2, 0.25) is 0 Å². The van der Waals surface area contributed by atoms with E-state index in [0.717, 1.165) is 19.3 Å². The van der Waals surface area contributed by atoms with Gasteiger partial charge in [-0.2, -0.15) is 0 Å². The Kier molecular flexibility index (Phi) is 5.99. The number of hydrogen-bond acceptors (Lipinski definition) is 5. The van der Waals surface area contributed by atoms with Crippen molar-refractivity contribution in [3.05, 3.63) is 0 Å². The quantitative estimate of drug-likeness (QED) is 0.580. The number of nitrogens with zero attached hydrogens (tertiary/aromatic N) is 1. The summed E-state index contributed by atoms with van der Waals surface area (Å²) in [6.07, 6.45) is 3.08. The molecule has 0 aromatic heterocycles. The monoisotopic (exact) mass is 348 g/mol. The Labute approximate surface area is 136 Å². The van der Waals surface area contributed by atoms with Gasteiger partial charge in [0.1, 0.15) is 6.04 Å². The van der Waals surface area contributed by atoms with Crippen LogP contribution in [-0.2, 0) is 24.3 Å². The van der Waals surface area contributed by atoms with Gasteiger partial charge in [-0.1, -0.05) is 6.42 Å². The topological polar surface area (TPSA) is 113 Å². The number of likely N-dealkylation sites (tertiary alicyclic amines) is 1. The molecule has 1 heterocycles. The van der Waals surface area contributed by atoms with Crippen molar-refractivity contribution in [2.45, 2.75) is 31.7 Å². The highest BCUT2D eigenvalue weighted by molar-refractivity contribution is 7.89. The average molecular weight is 348 g/mol. The molecular weight excluding hydrogens is 324 g/mol. The second kappa shape index (κ2) is 7.59. The number of carbonyl (C=O) groups excluding carboxylic acids is 1. The molecule has 2 fully saturated rings. The van der Waals surface area contributed by atoms with Crippen molar-refractivity contribution in [3.63, 3.8) is 0 Å². The predicted molar refractivity (Wildman–Crippen MR) is 82.3 cm³/mol. The third-order valence-electron chi connectivity index (χ3n) is 4.67. The molecule has 0 aromatic carbocycles. The first-order valence-corrected chi connectivity index (χ1v) is 9.49. The van der Waals surface area contributed by atoms with Gasteiger partial charge in [0, 0.05) is 20.3 Å². The maximum absolute atomic E-state index is 12.3. The number of amides is 1. The molecule has 2 rings (SSSR count). The van der Waals surface area contributed by atoms with E-state index >= 15 is 0 Å². The number of sulfonamides is 1. The van der Waals surface area contributed by atoms with Crippen molar-refractivity contribution < 1.29 is 27.9 Å². The number of hydrogen-bond donors (Lipinski definition) is 2. The minimum atomic E-state index is -3.56. The lowest BCUT2D eigenvalue weighted by molar-refractivity contribution is -0.149. The molecule has 2 aliphatic rings. The van der Waals surface area contributed by atoms with Gasteiger partial charge in [0.05, 0.1) is 12.3 Å². The van der Waals surface area contributed by atoms with Crippen molar-refractivity contribution in [1.82, 2.24) is 9.62 Å². The highest BCUT2D eigenvalue weighted by Gasteiger charge is 2.49. The molecule has 132 valence electrons. The van der Waals surface area contributed by atoms with Gasteiger partial charge in [-0.05, 0) is 31.1 Å². The summed E-state index contributed by atoms with van der Waals surface area (Å²) in [7, 11) is -2.07. The summed E-state index contributed by atoms with van der Waals surface area (Å²) in [6, 6.07) is -0.826. The number of rotatable bonds is 8. The first-order valence-electron chi connectivity index (χ1n) is 7.84. The number of nitrogens with one attached hydrogen (secondary N) is 1. The van der Waals surface area contributed by atoms with Crippen molar-refractivity contribution in [2.24, 2.45) is 11.8 Å². The number of carbonyl (C=O) groups is 2. The Hall–Kier alpha value is -1.19. The van der Waals surface area contributed by atoms with Crippen LogP contribution in [0.15, 0.2) is 0 Å². The summed E-state index contributed by atoms with van der Waals surface area (Å²) in [5, 5.41) is 9.40. The summed E-state index contributed by atoms with van der Waals surface area (Å²) >= 11 is 0. The largest absolute Gasteiger partial charge is 0.480 e. The lowest BCUT2D eigenvalue weighted by Crippen LogP contribution is -2.47. The maximum Gasteiger partial charge on any atom is 0.326 e. The van der Waals surface area contributed by atoms with Crippen molar-refractivity contribution >= 4 is 21.9 Å². The zero-order valence-corrected chi connectivity index (χ0v) is 14.0. The standard InChI is InChI=1S/C14H24N2O6S/c1-22-6-3-7-23(20,21)15-8-12(17)16-9-10-4-2-5-11(10)13(16)14(18)19/h10-11,13,15H,2-9H2,1H3,(H,18,19). The predicted octanol–water partition coefficient (Wildman–Crippen LogP) is -0.346. The molecule has 9 heteroatoms. The third-order valence-corrected chi connectivity index (χ3v) is 6.08. The summed E-state index contributed by atoms with van der Waals surface area (Å²) < 4.78 is 30.6. The van der Waals surface area contributed by atoms with Gasteiger partial charge >= 0.3 is 5.97 Å². The number of aliphatic carboxylic acids is 1. The van der Waals surface area contributed by atoms with E-state index in [-0.39, 0.29) is 17.6 Å². The molecule has 1 saturated heterocycles. The lowest BCUT2D eigenvalue weighted by Gasteiger charge is -2.24. The van der Waals surface area contributed by atoms with E-state index in [1.807, 2.05) is 0 Å². The molecule has 0 spiro atoms. The molecule has 2 N–H and O–H groups in total. The molecule has 1 aliphatic carbocycles. The Balaban J connectivity index is 1.91. The molecule has 3 unspecified atom stereocenters. The van der Waals surface area contributed by atoms with Crippen LogP contribution in [0.25, 0.3) is 0 Å². The molecule has 0 aromatic rings. The van der Waals surface area contributed by atoms with Gasteiger partial charge < -0.3 is 14.7 Å². The molecule has 1 aliphatic heterocycles. The Morgan fingerprint density at radius 3 is 2.74 bits per heavy atom. The summed E-state index contributed by atoms with van der Waals surface area (Å²) in [4.78, 5) is 25.1. The molecule has 8 nitrogen and oxygen atoms in total. The number of fused-ring (bicyclic) bond motifs is 1. The van der Waals surface area contributed by atoms with Gasteiger partial charge in [0.15, 0.2) is 0 Å². The van der Waals surface area contributed by atoms with Crippen LogP contribution in [-0.4, -0.2) is 68.9 Å². The maximum atomic E-state index is 12.3.